The molecule has 1 aromatic rings. The Hall–Kier alpha value is -1.51. The van der Waals surface area contributed by atoms with E-state index in [0.29, 0.717) is 6.42 Å². The lowest BCUT2D eigenvalue weighted by molar-refractivity contribution is -0.151. The van der Waals surface area contributed by atoms with E-state index in [2.05, 4.69) is 32.9 Å². The summed E-state index contributed by atoms with van der Waals surface area (Å²) in [6.45, 7) is 6.37. The molecule has 1 saturated carbocycles. The molecule has 3 nitrogen and oxygen atoms in total. The van der Waals surface area contributed by atoms with E-state index >= 15 is 0 Å². The van der Waals surface area contributed by atoms with Gasteiger partial charge in [0.25, 0.3) is 0 Å². The van der Waals surface area contributed by atoms with Crippen LogP contribution in [0.25, 0.3) is 0 Å². The van der Waals surface area contributed by atoms with Crippen LogP contribution in [0.5, 0.6) is 5.75 Å². The lowest BCUT2D eigenvalue weighted by Gasteiger charge is -2.32. The van der Waals surface area contributed by atoms with E-state index < -0.39 is 0 Å². The van der Waals surface area contributed by atoms with E-state index in [9.17, 15) is 4.79 Å². The maximum Gasteiger partial charge on any atom is 0.306 e. The predicted octanol–water partition coefficient (Wildman–Crippen LogP) is 7.96. The van der Waals surface area contributed by atoms with E-state index in [4.69, 9.17) is 9.47 Å². The van der Waals surface area contributed by atoms with Crippen molar-refractivity contribution in [3.05, 3.63) is 29.8 Å². The van der Waals surface area contributed by atoms with Crippen molar-refractivity contribution in [2.24, 2.45) is 0 Å². The Labute approximate surface area is 184 Å². The second kappa shape index (κ2) is 14.5. The summed E-state index contributed by atoms with van der Waals surface area (Å²) < 4.78 is 12.0. The average molecular weight is 417 g/mol. The topological polar surface area (TPSA) is 35.5 Å². The first-order valence-electron chi connectivity index (χ1n) is 12.6. The summed E-state index contributed by atoms with van der Waals surface area (Å²) in [5, 5.41) is 0. The summed E-state index contributed by atoms with van der Waals surface area (Å²) in [6.07, 6.45) is 16.4. The second-order valence-corrected chi connectivity index (χ2v) is 9.20. The number of hydrogen-bond acceptors (Lipinski definition) is 3. The van der Waals surface area contributed by atoms with Crippen molar-refractivity contribution in [1.82, 2.24) is 0 Å². The maximum absolute atomic E-state index is 12.5. The average Bonchev–Trinajstić information content (AvgIpc) is 2.73. The zero-order valence-electron chi connectivity index (χ0n) is 19.7. The van der Waals surface area contributed by atoms with Crippen LogP contribution in [0, 0.1) is 0 Å². The van der Waals surface area contributed by atoms with Crippen molar-refractivity contribution in [1.29, 1.82) is 0 Å². The number of benzene rings is 1. The molecule has 0 aromatic heterocycles. The van der Waals surface area contributed by atoms with Gasteiger partial charge in [-0.1, -0.05) is 82.9 Å². The molecule has 0 heterocycles. The van der Waals surface area contributed by atoms with Crippen molar-refractivity contribution >= 4 is 5.97 Å². The molecule has 1 aliphatic rings. The van der Waals surface area contributed by atoms with E-state index in [1.165, 1.54) is 56.9 Å². The lowest BCUT2D eigenvalue weighted by Crippen LogP contribution is -2.29. The minimum Gasteiger partial charge on any atom is -0.491 e. The van der Waals surface area contributed by atoms with Crippen LogP contribution in [-0.4, -0.2) is 18.2 Å². The number of carbonyl (C=O) groups is 1. The van der Waals surface area contributed by atoms with Crippen LogP contribution in [0.3, 0.4) is 0 Å². The first-order chi connectivity index (χ1) is 14.6. The SMILES string of the molecule is CCCCCCCCCCCC(=O)O[C@H]1CCCC[C@@H]1c1ccccc1OC(C)C. The van der Waals surface area contributed by atoms with Gasteiger partial charge < -0.3 is 9.47 Å². The Bertz CT molecular complexity index is 596. The number of carbonyl (C=O) groups excluding carboxylic acids is 1. The minimum absolute atomic E-state index is 0.0123. The highest BCUT2D eigenvalue weighted by Gasteiger charge is 2.31. The Kier molecular flexibility index (Phi) is 12.0. The van der Waals surface area contributed by atoms with E-state index in [0.717, 1.165) is 37.9 Å². The van der Waals surface area contributed by atoms with Gasteiger partial charge in [0.2, 0.25) is 0 Å². The van der Waals surface area contributed by atoms with Crippen molar-refractivity contribution in [2.75, 3.05) is 0 Å². The molecule has 3 heteroatoms. The second-order valence-electron chi connectivity index (χ2n) is 9.20. The first-order valence-corrected chi connectivity index (χ1v) is 12.6. The number of unbranched alkanes of at least 4 members (excludes halogenated alkanes) is 8. The first kappa shape index (κ1) is 24.8. The summed E-state index contributed by atoms with van der Waals surface area (Å²) in [7, 11) is 0. The van der Waals surface area contributed by atoms with Crippen LogP contribution < -0.4 is 4.74 Å². The van der Waals surface area contributed by atoms with Crippen molar-refractivity contribution < 1.29 is 14.3 Å². The zero-order valence-corrected chi connectivity index (χ0v) is 19.7. The quantitative estimate of drug-likeness (QED) is 0.228. The van der Waals surface area contributed by atoms with E-state index in [1.54, 1.807) is 0 Å². The van der Waals surface area contributed by atoms with Crippen LogP contribution in [0.15, 0.2) is 24.3 Å². The number of esters is 1. The molecule has 0 radical (unpaired) electrons. The predicted molar refractivity (Wildman–Crippen MR) is 125 cm³/mol. The fraction of sp³-hybridized carbons (Fsp3) is 0.741. The third-order valence-electron chi connectivity index (χ3n) is 6.15. The molecule has 1 fully saturated rings. The summed E-state index contributed by atoms with van der Waals surface area (Å²) >= 11 is 0. The summed E-state index contributed by atoms with van der Waals surface area (Å²) in [6, 6.07) is 8.28. The fourth-order valence-electron chi connectivity index (χ4n) is 4.55. The molecule has 0 spiro atoms. The molecule has 2 rings (SSSR count). The van der Waals surface area contributed by atoms with Gasteiger partial charge in [-0.2, -0.15) is 0 Å². The fourth-order valence-corrected chi connectivity index (χ4v) is 4.55. The number of rotatable bonds is 14. The smallest absolute Gasteiger partial charge is 0.306 e. The van der Waals surface area contributed by atoms with Crippen molar-refractivity contribution in [2.45, 2.75) is 129 Å². The van der Waals surface area contributed by atoms with Gasteiger partial charge in [0.05, 0.1) is 6.10 Å². The molecule has 0 aliphatic heterocycles. The lowest BCUT2D eigenvalue weighted by atomic mass is 9.81. The number of para-hydroxylation sites is 1. The Morgan fingerprint density at radius 3 is 2.27 bits per heavy atom. The van der Waals surface area contributed by atoms with Crippen LogP contribution in [0.4, 0.5) is 0 Å². The molecule has 1 aliphatic carbocycles. The molecule has 0 N–H and O–H groups in total. The number of ether oxygens (including phenoxy) is 2. The van der Waals surface area contributed by atoms with Crippen LogP contribution in [-0.2, 0) is 9.53 Å². The molecule has 30 heavy (non-hydrogen) atoms. The molecule has 2 atom stereocenters. The molecule has 1 aromatic carbocycles. The minimum atomic E-state index is -0.0166. The molecule has 0 unspecified atom stereocenters. The van der Waals surface area contributed by atoms with Gasteiger partial charge in [0, 0.05) is 17.9 Å². The molecular formula is C27H44O3. The molecule has 0 bridgehead atoms. The summed E-state index contributed by atoms with van der Waals surface area (Å²) in [4.78, 5) is 12.5. The highest BCUT2D eigenvalue weighted by atomic mass is 16.5. The van der Waals surface area contributed by atoms with Gasteiger partial charge >= 0.3 is 5.97 Å². The van der Waals surface area contributed by atoms with Crippen LogP contribution in [0.2, 0.25) is 0 Å². The Morgan fingerprint density at radius 2 is 1.57 bits per heavy atom. The molecular weight excluding hydrogens is 372 g/mol. The third-order valence-corrected chi connectivity index (χ3v) is 6.15. The van der Waals surface area contributed by atoms with E-state index in [1.807, 2.05) is 12.1 Å². The number of hydrogen-bond donors (Lipinski definition) is 0. The summed E-state index contributed by atoms with van der Waals surface area (Å²) in [5.41, 5.74) is 1.20. The normalized spacial score (nSPS) is 19.1. The van der Waals surface area contributed by atoms with Crippen molar-refractivity contribution in [3.63, 3.8) is 0 Å². The van der Waals surface area contributed by atoms with Gasteiger partial charge in [-0.3, -0.25) is 4.79 Å². The standard InChI is InChI=1S/C27H44O3/c1-4-5-6-7-8-9-10-11-12-21-27(28)30-26-20-16-14-18-24(26)23-17-13-15-19-25(23)29-22(2)3/h13,15,17,19,22,24,26H,4-12,14,16,18,20-21H2,1-3H3/t24-,26+/m1/s1. The third kappa shape index (κ3) is 9.10. The highest BCUT2D eigenvalue weighted by Crippen LogP contribution is 2.39. The van der Waals surface area contributed by atoms with Gasteiger partial charge in [-0.25, -0.2) is 0 Å². The van der Waals surface area contributed by atoms with Crippen LogP contribution >= 0.6 is 0 Å². The van der Waals surface area contributed by atoms with Crippen molar-refractivity contribution in [3.8, 4) is 5.75 Å². The molecule has 0 saturated heterocycles. The Morgan fingerprint density at radius 1 is 0.933 bits per heavy atom. The van der Waals surface area contributed by atoms with Gasteiger partial charge in [0.15, 0.2) is 0 Å². The monoisotopic (exact) mass is 416 g/mol. The zero-order chi connectivity index (χ0) is 21.6. The molecule has 170 valence electrons. The van der Waals surface area contributed by atoms with Gasteiger partial charge in [-0.05, 0) is 45.6 Å². The van der Waals surface area contributed by atoms with Gasteiger partial charge in [-0.15, -0.1) is 0 Å². The van der Waals surface area contributed by atoms with Gasteiger partial charge in [0.1, 0.15) is 11.9 Å². The van der Waals surface area contributed by atoms with Crippen LogP contribution in [0.1, 0.15) is 122 Å². The Balaban J connectivity index is 1.76. The van der Waals surface area contributed by atoms with E-state index in [-0.39, 0.29) is 24.1 Å². The summed E-state index contributed by atoms with van der Waals surface area (Å²) in [5.74, 6) is 1.18. The largest absolute Gasteiger partial charge is 0.491 e. The highest BCUT2D eigenvalue weighted by molar-refractivity contribution is 5.69. The maximum atomic E-state index is 12.5. The molecule has 0 amide bonds.